The Morgan fingerprint density at radius 1 is 1.28 bits per heavy atom. The first-order valence-corrected chi connectivity index (χ1v) is 10.3. The summed E-state index contributed by atoms with van der Waals surface area (Å²) in [7, 11) is -3.45. The molecule has 1 N–H and O–H groups in total. The second-order valence-corrected chi connectivity index (χ2v) is 8.93. The molecule has 1 aromatic carbocycles. The molecule has 0 bridgehead atoms. The van der Waals surface area contributed by atoms with Crippen LogP contribution in [0.15, 0.2) is 39.9 Å². The zero-order valence-electron chi connectivity index (χ0n) is 13.7. The van der Waals surface area contributed by atoms with Crippen molar-refractivity contribution in [3.8, 4) is 0 Å². The topological polar surface area (TPSA) is 92.6 Å². The highest BCUT2D eigenvalue weighted by Crippen LogP contribution is 2.27. The number of hydrogen-bond acceptors (Lipinski definition) is 6. The molecule has 134 valence electrons. The molecule has 1 aromatic heterocycles. The fourth-order valence-electron chi connectivity index (χ4n) is 2.99. The third-order valence-electron chi connectivity index (χ3n) is 4.32. The van der Waals surface area contributed by atoms with Crippen LogP contribution in [-0.4, -0.2) is 32.5 Å². The van der Waals surface area contributed by atoms with Gasteiger partial charge in [0.15, 0.2) is 0 Å². The van der Waals surface area contributed by atoms with E-state index in [1.807, 2.05) is 6.07 Å². The van der Waals surface area contributed by atoms with Gasteiger partial charge in [-0.1, -0.05) is 6.07 Å². The fourth-order valence-corrected chi connectivity index (χ4v) is 5.31. The lowest BCUT2D eigenvalue weighted by Gasteiger charge is -2.33. The molecule has 1 saturated heterocycles. The van der Waals surface area contributed by atoms with Crippen LogP contribution in [0.2, 0.25) is 0 Å². The Morgan fingerprint density at radius 2 is 2.00 bits per heavy atom. The summed E-state index contributed by atoms with van der Waals surface area (Å²) in [5.74, 6) is 0. The summed E-state index contributed by atoms with van der Waals surface area (Å²) >= 11 is 1.21. The number of nitro groups is 1. The van der Waals surface area contributed by atoms with Crippen molar-refractivity contribution in [3.63, 3.8) is 0 Å². The first-order chi connectivity index (χ1) is 11.9. The Morgan fingerprint density at radius 3 is 2.56 bits per heavy atom. The number of sulfonamides is 1. The Labute approximate surface area is 150 Å². The number of nitrogens with zero attached hydrogens (tertiary/aromatic N) is 2. The molecule has 2 heterocycles. The molecule has 1 aliphatic heterocycles. The van der Waals surface area contributed by atoms with Gasteiger partial charge in [0.1, 0.15) is 4.21 Å². The minimum atomic E-state index is -3.45. The van der Waals surface area contributed by atoms with Crippen LogP contribution < -0.4 is 9.62 Å². The highest BCUT2D eigenvalue weighted by atomic mass is 32.2. The number of piperidine rings is 1. The molecular weight excluding hydrogens is 362 g/mol. The summed E-state index contributed by atoms with van der Waals surface area (Å²) < 4.78 is 27.7. The van der Waals surface area contributed by atoms with Gasteiger partial charge in [-0.15, -0.1) is 11.3 Å². The van der Waals surface area contributed by atoms with Crippen molar-refractivity contribution in [3.05, 3.63) is 51.4 Å². The van der Waals surface area contributed by atoms with E-state index >= 15 is 0 Å². The molecule has 2 aromatic rings. The predicted molar refractivity (Wildman–Crippen MR) is 97.7 cm³/mol. The predicted octanol–water partition coefficient (Wildman–Crippen LogP) is 2.91. The van der Waals surface area contributed by atoms with Gasteiger partial charge in [0.25, 0.3) is 5.69 Å². The quantitative estimate of drug-likeness (QED) is 0.635. The van der Waals surface area contributed by atoms with Crippen LogP contribution in [0.25, 0.3) is 0 Å². The maximum atomic E-state index is 12.3. The molecule has 1 fully saturated rings. The summed E-state index contributed by atoms with van der Waals surface area (Å²) in [6.45, 7) is 3.13. The van der Waals surface area contributed by atoms with Gasteiger partial charge in [-0.05, 0) is 43.3 Å². The smallest absolute Gasteiger partial charge is 0.272 e. The number of anilines is 1. The lowest BCUT2D eigenvalue weighted by atomic mass is 10.0. The number of hydrogen-bond donors (Lipinski definition) is 1. The van der Waals surface area contributed by atoms with Gasteiger partial charge in [-0.25, -0.2) is 13.1 Å². The summed E-state index contributed by atoms with van der Waals surface area (Å²) in [5, 5.41) is 12.7. The van der Waals surface area contributed by atoms with Crippen LogP contribution in [0.3, 0.4) is 0 Å². The highest BCUT2D eigenvalue weighted by Gasteiger charge is 2.25. The van der Waals surface area contributed by atoms with Crippen molar-refractivity contribution in [1.29, 1.82) is 0 Å². The zero-order valence-corrected chi connectivity index (χ0v) is 15.3. The average Bonchev–Trinajstić information content (AvgIpc) is 3.10. The summed E-state index contributed by atoms with van der Waals surface area (Å²) in [6, 6.07) is 8.31. The third-order valence-corrected chi connectivity index (χ3v) is 7.24. The Bertz CT molecular complexity index is 858. The van der Waals surface area contributed by atoms with E-state index in [1.165, 1.54) is 17.4 Å². The first-order valence-electron chi connectivity index (χ1n) is 7.92. The molecule has 3 rings (SSSR count). The molecule has 0 radical (unpaired) electrons. The molecule has 25 heavy (non-hydrogen) atoms. The molecule has 1 aliphatic rings. The average molecular weight is 381 g/mol. The van der Waals surface area contributed by atoms with Gasteiger partial charge in [0, 0.05) is 36.4 Å². The standard InChI is InChI=1S/C16H19N3O4S2/c1-12-11-14(4-5-15(12)19(20)21)18-8-6-13(7-9-18)17-25(22,23)16-3-2-10-24-16/h2-5,10-11,13,17H,6-9H2,1H3. The van der Waals surface area contributed by atoms with Crippen molar-refractivity contribution in [1.82, 2.24) is 4.72 Å². The largest absolute Gasteiger partial charge is 0.371 e. The van der Waals surface area contributed by atoms with E-state index in [4.69, 9.17) is 0 Å². The van der Waals surface area contributed by atoms with Crippen molar-refractivity contribution >= 4 is 32.7 Å². The molecule has 0 saturated carbocycles. The molecule has 0 amide bonds. The highest BCUT2D eigenvalue weighted by molar-refractivity contribution is 7.91. The SMILES string of the molecule is Cc1cc(N2CCC(NS(=O)(=O)c3cccs3)CC2)ccc1[N+](=O)[O-]. The van der Waals surface area contributed by atoms with E-state index in [2.05, 4.69) is 9.62 Å². The van der Waals surface area contributed by atoms with Crippen molar-refractivity contribution in [2.24, 2.45) is 0 Å². The van der Waals surface area contributed by atoms with E-state index in [1.54, 1.807) is 30.5 Å². The normalized spacial score (nSPS) is 16.1. The summed E-state index contributed by atoms with van der Waals surface area (Å²) in [5.41, 5.74) is 1.67. The number of aryl methyl sites for hydroxylation is 1. The van der Waals surface area contributed by atoms with E-state index in [0.29, 0.717) is 35.7 Å². The molecule has 0 spiro atoms. The number of nitrogens with one attached hydrogen (secondary N) is 1. The Hall–Kier alpha value is -1.97. The maximum absolute atomic E-state index is 12.3. The summed E-state index contributed by atoms with van der Waals surface area (Å²) in [6.07, 6.45) is 1.39. The number of rotatable bonds is 5. The van der Waals surface area contributed by atoms with E-state index in [9.17, 15) is 18.5 Å². The lowest BCUT2D eigenvalue weighted by molar-refractivity contribution is -0.385. The van der Waals surface area contributed by atoms with Gasteiger partial charge >= 0.3 is 0 Å². The minimum absolute atomic E-state index is 0.0949. The Kier molecular flexibility index (Phi) is 5.07. The number of nitro benzene ring substituents is 1. The van der Waals surface area contributed by atoms with E-state index in [0.717, 1.165) is 5.69 Å². The van der Waals surface area contributed by atoms with E-state index < -0.39 is 10.0 Å². The number of benzene rings is 1. The molecule has 9 heteroatoms. The molecule has 7 nitrogen and oxygen atoms in total. The molecular formula is C16H19N3O4S2. The van der Waals surface area contributed by atoms with Crippen LogP contribution in [0.1, 0.15) is 18.4 Å². The van der Waals surface area contributed by atoms with Crippen LogP contribution in [0.5, 0.6) is 0 Å². The first kappa shape index (κ1) is 17.8. The van der Waals surface area contributed by atoms with Crippen LogP contribution in [-0.2, 0) is 10.0 Å². The number of thiophene rings is 1. The van der Waals surface area contributed by atoms with Gasteiger partial charge < -0.3 is 4.90 Å². The molecule has 0 atom stereocenters. The van der Waals surface area contributed by atoms with E-state index in [-0.39, 0.29) is 16.7 Å². The monoisotopic (exact) mass is 381 g/mol. The lowest BCUT2D eigenvalue weighted by Crippen LogP contribution is -2.44. The zero-order chi connectivity index (χ0) is 18.0. The van der Waals surface area contributed by atoms with Gasteiger partial charge in [-0.3, -0.25) is 10.1 Å². The van der Waals surface area contributed by atoms with Crippen molar-refractivity contribution < 1.29 is 13.3 Å². The third kappa shape index (κ3) is 4.00. The second-order valence-electron chi connectivity index (χ2n) is 6.04. The maximum Gasteiger partial charge on any atom is 0.272 e. The molecule has 0 aliphatic carbocycles. The van der Waals surface area contributed by atoms with Gasteiger partial charge in [0.05, 0.1) is 4.92 Å². The van der Waals surface area contributed by atoms with Crippen molar-refractivity contribution in [2.75, 3.05) is 18.0 Å². The van der Waals surface area contributed by atoms with Crippen LogP contribution in [0.4, 0.5) is 11.4 Å². The fraction of sp³-hybridized carbons (Fsp3) is 0.375. The minimum Gasteiger partial charge on any atom is -0.371 e. The van der Waals surface area contributed by atoms with Crippen LogP contribution in [0, 0.1) is 17.0 Å². The summed E-state index contributed by atoms with van der Waals surface area (Å²) in [4.78, 5) is 12.7. The van der Waals surface area contributed by atoms with Gasteiger partial charge in [0.2, 0.25) is 10.0 Å². The Balaban J connectivity index is 1.62. The van der Waals surface area contributed by atoms with Crippen LogP contribution >= 0.6 is 11.3 Å². The second kappa shape index (κ2) is 7.11. The molecule has 0 unspecified atom stereocenters. The van der Waals surface area contributed by atoms with Crippen molar-refractivity contribution in [2.45, 2.75) is 30.0 Å². The van der Waals surface area contributed by atoms with Gasteiger partial charge in [-0.2, -0.15) is 0 Å².